The van der Waals surface area contributed by atoms with Crippen LogP contribution in [0, 0.1) is 12.8 Å². The lowest BCUT2D eigenvalue weighted by atomic mass is 9.76. The second-order valence-electron chi connectivity index (χ2n) is 9.32. The van der Waals surface area contributed by atoms with Crippen LogP contribution in [0.3, 0.4) is 0 Å². The van der Waals surface area contributed by atoms with Crippen molar-refractivity contribution >= 4 is 0 Å². The van der Waals surface area contributed by atoms with Gasteiger partial charge in [0.15, 0.2) is 0 Å². The molecular weight excluding hydrogens is 446 g/mol. The monoisotopic (exact) mass is 484 g/mol. The Labute approximate surface area is 208 Å². The van der Waals surface area contributed by atoms with E-state index in [1.807, 2.05) is 12.1 Å². The van der Waals surface area contributed by atoms with E-state index in [0.717, 1.165) is 67.2 Å². The van der Waals surface area contributed by atoms with Crippen molar-refractivity contribution < 1.29 is 23.0 Å². The molecule has 1 fully saturated rings. The quantitative estimate of drug-likeness (QED) is 0.211. The maximum atomic E-state index is 12.3. The van der Waals surface area contributed by atoms with Crippen molar-refractivity contribution in [2.45, 2.75) is 57.8 Å². The number of hydrogen-bond donors (Lipinski definition) is 0. The van der Waals surface area contributed by atoms with Crippen molar-refractivity contribution in [1.29, 1.82) is 0 Å². The van der Waals surface area contributed by atoms with Crippen LogP contribution >= 0.6 is 0 Å². The smallest absolute Gasteiger partial charge is 0.266 e. The molecule has 0 N–H and O–H groups in total. The molecule has 1 saturated carbocycles. The Bertz CT molecular complexity index is 974. The molecule has 0 spiro atoms. The van der Waals surface area contributed by atoms with Crippen molar-refractivity contribution in [1.82, 2.24) is 0 Å². The highest BCUT2D eigenvalue weighted by Gasteiger charge is 2.22. The minimum atomic E-state index is -1.56. The maximum absolute atomic E-state index is 12.3. The molecule has 190 valence electrons. The van der Waals surface area contributed by atoms with Crippen LogP contribution in [-0.2, 0) is 4.74 Å². The Kier molecular flexibility index (Phi) is 10.8. The van der Waals surface area contributed by atoms with Crippen LogP contribution in [0.5, 0.6) is 11.5 Å². The van der Waals surface area contributed by atoms with Gasteiger partial charge in [-0.1, -0.05) is 24.3 Å². The summed E-state index contributed by atoms with van der Waals surface area (Å²) in [6.07, 6.45) is 7.93. The van der Waals surface area contributed by atoms with Gasteiger partial charge in [-0.25, -0.2) is 0 Å². The molecule has 3 nitrogen and oxygen atoms in total. The fourth-order valence-electron chi connectivity index (χ4n) is 4.87. The summed E-state index contributed by atoms with van der Waals surface area (Å²) in [5.74, 6) is 2.63. The molecule has 2 aromatic rings. The third-order valence-electron chi connectivity index (χ3n) is 6.78. The Hall–Kier alpha value is -2.66. The molecule has 0 radical (unpaired) electrons. The minimum absolute atomic E-state index is 0.478. The lowest BCUT2D eigenvalue weighted by Crippen LogP contribution is -2.13. The number of rotatable bonds is 13. The zero-order chi connectivity index (χ0) is 25.0. The molecular formula is C30H38F2O3. The summed E-state index contributed by atoms with van der Waals surface area (Å²) in [4.78, 5) is 0. The highest BCUT2D eigenvalue weighted by Crippen LogP contribution is 2.39. The Morgan fingerprint density at radius 2 is 1.66 bits per heavy atom. The van der Waals surface area contributed by atoms with Gasteiger partial charge < -0.3 is 14.2 Å². The molecule has 0 atom stereocenters. The van der Waals surface area contributed by atoms with Gasteiger partial charge in [0.25, 0.3) is 6.08 Å². The largest absolute Gasteiger partial charge is 0.493 e. The molecule has 1 aliphatic rings. The lowest BCUT2D eigenvalue weighted by molar-refractivity contribution is 0.146. The average molecular weight is 485 g/mol. The van der Waals surface area contributed by atoms with Crippen LogP contribution in [0.15, 0.2) is 61.2 Å². The van der Waals surface area contributed by atoms with E-state index in [0.29, 0.717) is 38.1 Å². The van der Waals surface area contributed by atoms with Crippen LogP contribution in [0.25, 0.3) is 11.1 Å². The highest BCUT2D eigenvalue weighted by atomic mass is 19.3. The summed E-state index contributed by atoms with van der Waals surface area (Å²) in [5, 5.41) is 0. The van der Waals surface area contributed by atoms with E-state index in [-0.39, 0.29) is 0 Å². The first-order chi connectivity index (χ1) is 17.0. The highest BCUT2D eigenvalue weighted by molar-refractivity contribution is 5.70. The van der Waals surface area contributed by atoms with Crippen LogP contribution < -0.4 is 9.47 Å². The first-order valence-electron chi connectivity index (χ1n) is 12.6. The second-order valence-corrected chi connectivity index (χ2v) is 9.32. The fourth-order valence-corrected chi connectivity index (χ4v) is 4.87. The number of ether oxygens (including phenoxy) is 3. The fraction of sp³-hybridized carbons (Fsp3) is 0.467. The first kappa shape index (κ1) is 26.9. The summed E-state index contributed by atoms with van der Waals surface area (Å²) in [7, 11) is 1.66. The third kappa shape index (κ3) is 8.50. The van der Waals surface area contributed by atoms with Gasteiger partial charge in [0.2, 0.25) is 0 Å². The Morgan fingerprint density at radius 3 is 2.29 bits per heavy atom. The van der Waals surface area contributed by atoms with E-state index >= 15 is 0 Å². The van der Waals surface area contributed by atoms with Gasteiger partial charge in [-0.15, -0.1) is 6.58 Å². The average Bonchev–Trinajstić information content (AvgIpc) is 2.84. The molecule has 0 amide bonds. The van der Waals surface area contributed by atoms with Crippen LogP contribution in [-0.4, -0.2) is 26.9 Å². The normalized spacial score (nSPS) is 17.6. The lowest BCUT2D eigenvalue weighted by Gasteiger charge is -2.29. The Balaban J connectivity index is 1.71. The van der Waals surface area contributed by atoms with Gasteiger partial charge in [0.1, 0.15) is 18.1 Å². The van der Waals surface area contributed by atoms with Gasteiger partial charge in [0, 0.05) is 13.2 Å². The molecule has 5 heteroatoms. The van der Waals surface area contributed by atoms with Gasteiger partial charge in [-0.2, -0.15) is 8.78 Å². The number of hydrogen-bond acceptors (Lipinski definition) is 3. The van der Waals surface area contributed by atoms with Gasteiger partial charge in [-0.05, 0) is 104 Å². The van der Waals surface area contributed by atoms with Crippen molar-refractivity contribution in [2.75, 3.05) is 26.9 Å². The van der Waals surface area contributed by atoms with Gasteiger partial charge in [0.05, 0.1) is 13.2 Å². The maximum Gasteiger partial charge on any atom is 0.266 e. The summed E-state index contributed by atoms with van der Waals surface area (Å²) in [6.45, 7) is 7.49. The molecule has 35 heavy (non-hydrogen) atoms. The summed E-state index contributed by atoms with van der Waals surface area (Å²) >= 11 is 0. The van der Waals surface area contributed by atoms with E-state index in [2.05, 4.69) is 43.8 Å². The molecule has 2 aromatic carbocycles. The number of halogens is 2. The van der Waals surface area contributed by atoms with E-state index in [4.69, 9.17) is 14.2 Å². The summed E-state index contributed by atoms with van der Waals surface area (Å²) in [5.41, 5.74) is 4.82. The Morgan fingerprint density at radius 1 is 0.943 bits per heavy atom. The third-order valence-corrected chi connectivity index (χ3v) is 6.78. The topological polar surface area (TPSA) is 27.7 Å². The van der Waals surface area contributed by atoms with Crippen molar-refractivity contribution in [3.63, 3.8) is 0 Å². The molecule has 0 aliphatic heterocycles. The number of aryl methyl sites for hydroxylation is 1. The van der Waals surface area contributed by atoms with E-state index in [1.165, 1.54) is 11.1 Å². The van der Waals surface area contributed by atoms with Crippen molar-refractivity contribution in [3.8, 4) is 22.6 Å². The van der Waals surface area contributed by atoms with Crippen LogP contribution in [0.4, 0.5) is 8.78 Å². The summed E-state index contributed by atoms with van der Waals surface area (Å²) < 4.78 is 41.5. The number of benzene rings is 2. The summed E-state index contributed by atoms with van der Waals surface area (Å²) in [6, 6.07) is 12.8. The van der Waals surface area contributed by atoms with Crippen LogP contribution in [0.1, 0.15) is 62.0 Å². The van der Waals surface area contributed by atoms with Crippen molar-refractivity contribution in [2.24, 2.45) is 5.92 Å². The SMILES string of the molecule is C=CCCOc1cc(OCCOC)cc(-c2ccc(C3CCC(CCC=C(F)F)CC3)cc2C)c1. The van der Waals surface area contributed by atoms with Crippen LogP contribution in [0.2, 0.25) is 0 Å². The molecule has 1 aliphatic carbocycles. The molecule has 0 saturated heterocycles. The second kappa shape index (κ2) is 14.0. The molecule has 0 unspecified atom stereocenters. The van der Waals surface area contributed by atoms with E-state index in [1.54, 1.807) is 7.11 Å². The molecule has 0 aromatic heterocycles. The van der Waals surface area contributed by atoms with Gasteiger partial charge >= 0.3 is 0 Å². The molecule has 3 rings (SSSR count). The standard InChI is InChI=1S/C30H38F2O3/c1-4-5-15-34-27-19-26(20-28(21-27)35-17-16-33-3)29-14-13-25(18-22(29)2)24-11-9-23(10-12-24)7-6-8-30(31)32/h4,8,13-14,18-21,23-24H,1,5-7,9-12,15-17H2,2-3H3. The minimum Gasteiger partial charge on any atom is -0.493 e. The van der Waals surface area contributed by atoms with Gasteiger partial charge in [-0.3, -0.25) is 0 Å². The molecule has 0 bridgehead atoms. The molecule has 0 heterocycles. The number of methoxy groups -OCH3 is 1. The zero-order valence-corrected chi connectivity index (χ0v) is 21.0. The van der Waals surface area contributed by atoms with E-state index in [9.17, 15) is 8.78 Å². The predicted molar refractivity (Wildman–Crippen MR) is 139 cm³/mol. The van der Waals surface area contributed by atoms with Crippen molar-refractivity contribution in [3.05, 3.63) is 72.3 Å². The predicted octanol–water partition coefficient (Wildman–Crippen LogP) is 8.48. The zero-order valence-electron chi connectivity index (χ0n) is 21.0. The number of allylic oxidation sites excluding steroid dienone is 1. The first-order valence-corrected chi connectivity index (χ1v) is 12.6. The van der Waals surface area contributed by atoms with E-state index < -0.39 is 6.08 Å².